The molecule has 1 aromatic carbocycles. The molecule has 4 rings (SSSR count). The van der Waals surface area contributed by atoms with Crippen molar-refractivity contribution in [2.45, 2.75) is 25.2 Å². The van der Waals surface area contributed by atoms with E-state index in [4.69, 9.17) is 13.9 Å². The topological polar surface area (TPSA) is 47.7 Å². The van der Waals surface area contributed by atoms with Gasteiger partial charge in [-0.2, -0.15) is 0 Å². The van der Waals surface area contributed by atoms with E-state index in [1.54, 1.807) is 6.26 Å². The first-order chi connectivity index (χ1) is 11.2. The average molecular weight is 379 g/mol. The molecule has 23 heavy (non-hydrogen) atoms. The minimum atomic E-state index is -0.317. The summed E-state index contributed by atoms with van der Waals surface area (Å²) in [5, 5.41) is 0. The summed E-state index contributed by atoms with van der Waals surface area (Å²) >= 11 is 3.44. The smallest absolute Gasteiger partial charge is 0.226 e. The predicted molar refractivity (Wildman–Crippen MR) is 88.8 cm³/mol. The van der Waals surface area contributed by atoms with E-state index >= 15 is 0 Å². The quantitative estimate of drug-likeness (QED) is 0.818. The van der Waals surface area contributed by atoms with Crippen molar-refractivity contribution in [1.82, 2.24) is 9.88 Å². The highest BCUT2D eigenvalue weighted by atomic mass is 79.9. The lowest BCUT2D eigenvalue weighted by molar-refractivity contribution is -0.185. The predicted octanol–water partition coefficient (Wildman–Crippen LogP) is 3.44. The molecule has 0 radical (unpaired) electrons. The Labute approximate surface area is 143 Å². The molecule has 0 atom stereocenters. The van der Waals surface area contributed by atoms with E-state index in [2.05, 4.69) is 25.8 Å². The van der Waals surface area contributed by atoms with E-state index < -0.39 is 0 Å². The van der Waals surface area contributed by atoms with Crippen molar-refractivity contribution >= 4 is 15.9 Å². The Morgan fingerprint density at radius 3 is 2.48 bits per heavy atom. The van der Waals surface area contributed by atoms with E-state index in [9.17, 15) is 0 Å². The normalized spacial score (nSPS) is 21.1. The molecule has 0 N–H and O–H groups in total. The maximum atomic E-state index is 5.76. The summed E-state index contributed by atoms with van der Waals surface area (Å²) in [5.41, 5.74) is 1.96. The second-order valence-corrected chi connectivity index (χ2v) is 6.95. The number of nitrogens with zero attached hydrogens (tertiary/aromatic N) is 2. The van der Waals surface area contributed by atoms with Gasteiger partial charge in [0.2, 0.25) is 5.89 Å². The van der Waals surface area contributed by atoms with Gasteiger partial charge in [0.05, 0.1) is 18.9 Å². The standard InChI is InChI=1S/C17H19BrN2O3/c18-14-3-1-13(2-4-14)16-19-15(12-21-16)11-20-7-5-17(6-8-20)22-9-10-23-17/h1-4,12H,5-11H2. The molecule has 2 aliphatic rings. The number of rotatable bonds is 3. The van der Waals surface area contributed by atoms with Crippen LogP contribution in [-0.2, 0) is 16.0 Å². The highest BCUT2D eigenvalue weighted by Gasteiger charge is 2.39. The van der Waals surface area contributed by atoms with Gasteiger partial charge in [-0.25, -0.2) is 4.98 Å². The lowest BCUT2D eigenvalue weighted by atomic mass is 10.0. The molecular formula is C17H19BrN2O3. The van der Waals surface area contributed by atoms with E-state index in [1.165, 1.54) is 0 Å². The lowest BCUT2D eigenvalue weighted by Gasteiger charge is -2.37. The van der Waals surface area contributed by atoms with Crippen LogP contribution in [0.25, 0.3) is 11.5 Å². The van der Waals surface area contributed by atoms with Crippen molar-refractivity contribution in [3.05, 3.63) is 40.7 Å². The van der Waals surface area contributed by atoms with E-state index in [0.717, 1.165) is 61.4 Å². The van der Waals surface area contributed by atoms with Crippen molar-refractivity contribution < 1.29 is 13.9 Å². The van der Waals surface area contributed by atoms with Crippen molar-refractivity contribution in [3.63, 3.8) is 0 Å². The zero-order valence-electron chi connectivity index (χ0n) is 12.8. The zero-order chi connectivity index (χ0) is 15.7. The Bertz CT molecular complexity index is 655. The fraction of sp³-hybridized carbons (Fsp3) is 0.471. The highest BCUT2D eigenvalue weighted by molar-refractivity contribution is 9.10. The highest BCUT2D eigenvalue weighted by Crippen LogP contribution is 2.31. The van der Waals surface area contributed by atoms with Crippen LogP contribution in [0.1, 0.15) is 18.5 Å². The molecule has 2 fully saturated rings. The van der Waals surface area contributed by atoms with Crippen LogP contribution in [0, 0.1) is 0 Å². The average Bonchev–Trinajstić information content (AvgIpc) is 3.21. The van der Waals surface area contributed by atoms with Gasteiger partial charge in [-0.05, 0) is 24.3 Å². The lowest BCUT2D eigenvalue weighted by Crippen LogP contribution is -2.44. The fourth-order valence-corrected chi connectivity index (χ4v) is 3.44. The largest absolute Gasteiger partial charge is 0.444 e. The number of piperidine rings is 1. The third-order valence-electron chi connectivity index (χ3n) is 4.46. The fourth-order valence-electron chi connectivity index (χ4n) is 3.17. The summed E-state index contributed by atoms with van der Waals surface area (Å²) < 4.78 is 18.2. The number of likely N-dealkylation sites (tertiary alicyclic amines) is 1. The third kappa shape index (κ3) is 3.35. The SMILES string of the molecule is Brc1ccc(-c2nc(CN3CCC4(CC3)OCCO4)co2)cc1. The molecule has 3 heterocycles. The van der Waals surface area contributed by atoms with Gasteiger partial charge in [-0.3, -0.25) is 4.90 Å². The van der Waals surface area contributed by atoms with Crippen molar-refractivity contribution in [2.75, 3.05) is 26.3 Å². The van der Waals surface area contributed by atoms with Crippen LogP contribution < -0.4 is 0 Å². The van der Waals surface area contributed by atoms with Gasteiger partial charge in [0.15, 0.2) is 5.79 Å². The monoisotopic (exact) mass is 378 g/mol. The van der Waals surface area contributed by atoms with Crippen molar-refractivity contribution in [2.24, 2.45) is 0 Å². The molecule has 0 bridgehead atoms. The van der Waals surface area contributed by atoms with Gasteiger partial charge >= 0.3 is 0 Å². The van der Waals surface area contributed by atoms with Crippen LogP contribution in [0.5, 0.6) is 0 Å². The Morgan fingerprint density at radius 1 is 1.09 bits per heavy atom. The molecule has 1 aromatic heterocycles. The van der Waals surface area contributed by atoms with Gasteiger partial charge in [0.25, 0.3) is 0 Å². The molecule has 0 unspecified atom stereocenters. The maximum absolute atomic E-state index is 5.76. The molecular weight excluding hydrogens is 360 g/mol. The van der Waals surface area contributed by atoms with E-state index in [-0.39, 0.29) is 5.79 Å². The summed E-state index contributed by atoms with van der Waals surface area (Å²) in [7, 11) is 0. The Balaban J connectivity index is 1.38. The molecule has 0 aliphatic carbocycles. The first-order valence-electron chi connectivity index (χ1n) is 7.93. The molecule has 6 heteroatoms. The molecule has 2 aliphatic heterocycles. The number of hydrogen-bond donors (Lipinski definition) is 0. The van der Waals surface area contributed by atoms with Gasteiger partial charge < -0.3 is 13.9 Å². The Kier molecular flexibility index (Phi) is 4.24. The van der Waals surface area contributed by atoms with Crippen LogP contribution in [0.15, 0.2) is 39.4 Å². The Hall–Kier alpha value is -1.21. The summed E-state index contributed by atoms with van der Waals surface area (Å²) in [6.45, 7) is 4.16. The van der Waals surface area contributed by atoms with Gasteiger partial charge in [0, 0.05) is 42.5 Å². The second-order valence-electron chi connectivity index (χ2n) is 6.03. The first-order valence-corrected chi connectivity index (χ1v) is 8.72. The van der Waals surface area contributed by atoms with Gasteiger partial charge in [-0.15, -0.1) is 0 Å². The minimum absolute atomic E-state index is 0.317. The van der Waals surface area contributed by atoms with Crippen molar-refractivity contribution in [3.8, 4) is 11.5 Å². The van der Waals surface area contributed by atoms with Crippen molar-refractivity contribution in [1.29, 1.82) is 0 Å². The van der Waals surface area contributed by atoms with Crippen LogP contribution >= 0.6 is 15.9 Å². The zero-order valence-corrected chi connectivity index (χ0v) is 14.4. The van der Waals surface area contributed by atoms with Crippen LogP contribution in [-0.4, -0.2) is 42.0 Å². The summed E-state index contributed by atoms with van der Waals surface area (Å²) in [5.74, 6) is 0.353. The second kappa shape index (κ2) is 6.36. The number of benzene rings is 1. The molecule has 0 saturated carbocycles. The number of oxazole rings is 1. The van der Waals surface area contributed by atoms with Crippen LogP contribution in [0.4, 0.5) is 0 Å². The molecule has 2 saturated heterocycles. The third-order valence-corrected chi connectivity index (χ3v) is 4.99. The maximum Gasteiger partial charge on any atom is 0.226 e. The molecule has 0 amide bonds. The van der Waals surface area contributed by atoms with Crippen LogP contribution in [0.2, 0.25) is 0 Å². The summed E-state index contributed by atoms with van der Waals surface area (Å²) in [6, 6.07) is 7.98. The van der Waals surface area contributed by atoms with E-state index in [1.807, 2.05) is 24.3 Å². The molecule has 5 nitrogen and oxygen atoms in total. The minimum Gasteiger partial charge on any atom is -0.444 e. The van der Waals surface area contributed by atoms with E-state index in [0.29, 0.717) is 5.89 Å². The van der Waals surface area contributed by atoms with Gasteiger partial charge in [0.1, 0.15) is 6.26 Å². The first kappa shape index (κ1) is 15.3. The molecule has 122 valence electrons. The number of halogens is 1. The number of hydrogen-bond acceptors (Lipinski definition) is 5. The summed E-state index contributed by atoms with van der Waals surface area (Å²) in [4.78, 5) is 6.98. The molecule has 2 aromatic rings. The Morgan fingerprint density at radius 2 is 1.78 bits per heavy atom. The summed E-state index contributed by atoms with van der Waals surface area (Å²) in [6.07, 6.45) is 3.60. The molecule has 1 spiro atoms. The number of aromatic nitrogens is 1. The number of ether oxygens (including phenoxy) is 2. The van der Waals surface area contributed by atoms with Gasteiger partial charge in [-0.1, -0.05) is 15.9 Å². The van der Waals surface area contributed by atoms with Crippen LogP contribution in [0.3, 0.4) is 0 Å².